The zero-order valence-electron chi connectivity index (χ0n) is 14.3. The minimum absolute atomic E-state index is 0.233. The van der Waals surface area contributed by atoms with Crippen LogP contribution in [0.25, 0.3) is 11.0 Å². The van der Waals surface area contributed by atoms with E-state index in [9.17, 15) is 4.79 Å². The van der Waals surface area contributed by atoms with Crippen molar-refractivity contribution in [2.24, 2.45) is 0 Å². The molecule has 3 aromatic rings. The SMILES string of the molecule is O=c1[nH]c2c(CCN3CCOCC3)cc(Br)c(Oc3ccccc3)c2[nH]1. The molecule has 2 aromatic carbocycles. The first kappa shape index (κ1) is 17.3. The number of aromatic nitrogens is 2. The molecule has 0 atom stereocenters. The van der Waals surface area contributed by atoms with Crippen molar-refractivity contribution in [1.29, 1.82) is 0 Å². The highest BCUT2D eigenvalue weighted by atomic mass is 79.9. The lowest BCUT2D eigenvalue weighted by atomic mass is 10.1. The van der Waals surface area contributed by atoms with Crippen LogP contribution in [0.4, 0.5) is 0 Å². The van der Waals surface area contributed by atoms with Gasteiger partial charge in [0.25, 0.3) is 0 Å². The van der Waals surface area contributed by atoms with E-state index < -0.39 is 0 Å². The van der Waals surface area contributed by atoms with Gasteiger partial charge in [0, 0.05) is 19.6 Å². The lowest BCUT2D eigenvalue weighted by molar-refractivity contribution is 0.0385. The smallest absolute Gasteiger partial charge is 0.323 e. The van der Waals surface area contributed by atoms with Crippen LogP contribution in [0.15, 0.2) is 45.7 Å². The Kier molecular flexibility index (Phi) is 5.10. The molecule has 2 N–H and O–H groups in total. The molecule has 7 heteroatoms. The molecule has 0 spiro atoms. The summed E-state index contributed by atoms with van der Waals surface area (Å²) in [6.45, 7) is 4.39. The third-order valence-electron chi connectivity index (χ3n) is 4.56. The third kappa shape index (κ3) is 3.70. The van der Waals surface area contributed by atoms with E-state index in [1.807, 2.05) is 36.4 Å². The summed E-state index contributed by atoms with van der Waals surface area (Å²) in [5.74, 6) is 1.33. The van der Waals surface area contributed by atoms with Crippen LogP contribution in [0.1, 0.15) is 5.56 Å². The standard InChI is InChI=1S/C19H20BrN3O3/c20-15-12-13(6-7-23-8-10-25-11-9-23)16-17(22-19(24)21-16)18(15)26-14-4-2-1-3-5-14/h1-5,12H,6-11H2,(H2,21,22,24). The second-order valence-corrected chi connectivity index (χ2v) is 7.15. The Bertz CT molecular complexity index is 946. The summed E-state index contributed by atoms with van der Waals surface area (Å²) in [4.78, 5) is 20.1. The Labute approximate surface area is 159 Å². The number of benzene rings is 2. The van der Waals surface area contributed by atoms with Gasteiger partial charge < -0.3 is 19.4 Å². The van der Waals surface area contributed by atoms with Crippen molar-refractivity contribution >= 4 is 27.0 Å². The normalized spacial score (nSPS) is 15.4. The molecule has 0 bridgehead atoms. The van der Waals surface area contributed by atoms with E-state index in [0.717, 1.165) is 60.6 Å². The molecule has 1 aliphatic heterocycles. The van der Waals surface area contributed by atoms with Crippen molar-refractivity contribution in [2.75, 3.05) is 32.8 Å². The Morgan fingerprint density at radius 1 is 1.12 bits per heavy atom. The minimum atomic E-state index is -0.233. The molecule has 0 aliphatic carbocycles. The predicted octanol–water partition coefficient (Wildman–Crippen LogP) is 3.29. The van der Waals surface area contributed by atoms with Gasteiger partial charge in [-0.3, -0.25) is 4.90 Å². The maximum atomic E-state index is 12.0. The molecule has 0 unspecified atom stereocenters. The van der Waals surface area contributed by atoms with Crippen LogP contribution in [0.2, 0.25) is 0 Å². The Hall–Kier alpha value is -2.09. The van der Waals surface area contributed by atoms with Gasteiger partial charge in [-0.25, -0.2) is 4.79 Å². The Morgan fingerprint density at radius 3 is 2.62 bits per heavy atom. The molecule has 1 aliphatic rings. The highest BCUT2D eigenvalue weighted by Crippen LogP contribution is 2.37. The quantitative estimate of drug-likeness (QED) is 0.667. The highest BCUT2D eigenvalue weighted by Gasteiger charge is 2.17. The molecule has 1 fully saturated rings. The van der Waals surface area contributed by atoms with E-state index in [4.69, 9.17) is 9.47 Å². The number of nitrogens with one attached hydrogen (secondary N) is 2. The van der Waals surface area contributed by atoms with Crippen LogP contribution in [-0.4, -0.2) is 47.7 Å². The van der Waals surface area contributed by atoms with Crippen LogP contribution < -0.4 is 10.4 Å². The number of para-hydroxylation sites is 1. The van der Waals surface area contributed by atoms with Crippen LogP contribution in [0.3, 0.4) is 0 Å². The summed E-state index contributed by atoms with van der Waals surface area (Å²) < 4.78 is 12.2. The van der Waals surface area contributed by atoms with Crippen LogP contribution in [0, 0.1) is 0 Å². The van der Waals surface area contributed by atoms with Gasteiger partial charge in [0.1, 0.15) is 11.3 Å². The number of nitrogens with zero attached hydrogens (tertiary/aromatic N) is 1. The predicted molar refractivity (Wildman–Crippen MR) is 104 cm³/mol. The first-order chi connectivity index (χ1) is 12.7. The summed E-state index contributed by atoms with van der Waals surface area (Å²) in [6, 6.07) is 11.6. The number of rotatable bonds is 5. The average Bonchev–Trinajstić information content (AvgIpc) is 3.06. The summed E-state index contributed by atoms with van der Waals surface area (Å²) in [6.07, 6.45) is 0.842. The van der Waals surface area contributed by atoms with Crippen molar-refractivity contribution in [3.05, 3.63) is 56.9 Å². The second-order valence-electron chi connectivity index (χ2n) is 6.29. The van der Waals surface area contributed by atoms with E-state index in [-0.39, 0.29) is 5.69 Å². The zero-order chi connectivity index (χ0) is 17.9. The van der Waals surface area contributed by atoms with Crippen molar-refractivity contribution in [1.82, 2.24) is 14.9 Å². The molecular weight excluding hydrogens is 398 g/mol. The number of ether oxygens (including phenoxy) is 2. The maximum Gasteiger partial charge on any atom is 0.323 e. The molecule has 0 saturated carbocycles. The first-order valence-electron chi connectivity index (χ1n) is 8.67. The first-order valence-corrected chi connectivity index (χ1v) is 9.46. The number of halogens is 1. The fraction of sp³-hybridized carbons (Fsp3) is 0.316. The van der Waals surface area contributed by atoms with E-state index in [2.05, 4.69) is 30.8 Å². The van der Waals surface area contributed by atoms with Gasteiger partial charge >= 0.3 is 5.69 Å². The average molecular weight is 418 g/mol. The van der Waals surface area contributed by atoms with Gasteiger partial charge in [-0.1, -0.05) is 18.2 Å². The number of hydrogen-bond acceptors (Lipinski definition) is 4. The monoisotopic (exact) mass is 417 g/mol. The number of morpholine rings is 1. The fourth-order valence-corrected chi connectivity index (χ4v) is 3.77. The van der Waals surface area contributed by atoms with Crippen LogP contribution >= 0.6 is 15.9 Å². The van der Waals surface area contributed by atoms with Crippen molar-refractivity contribution in [2.45, 2.75) is 6.42 Å². The number of aromatic amines is 2. The van der Waals surface area contributed by atoms with Gasteiger partial charge in [-0.05, 0) is 46.1 Å². The Morgan fingerprint density at radius 2 is 1.85 bits per heavy atom. The molecule has 2 heterocycles. The highest BCUT2D eigenvalue weighted by molar-refractivity contribution is 9.10. The largest absolute Gasteiger partial charge is 0.454 e. The second kappa shape index (κ2) is 7.65. The van der Waals surface area contributed by atoms with Gasteiger partial charge in [0.15, 0.2) is 5.75 Å². The van der Waals surface area contributed by atoms with Crippen LogP contribution in [0.5, 0.6) is 11.5 Å². The molecule has 26 heavy (non-hydrogen) atoms. The lowest BCUT2D eigenvalue weighted by Crippen LogP contribution is -2.37. The Balaban J connectivity index is 1.65. The molecule has 1 saturated heterocycles. The maximum absolute atomic E-state index is 12.0. The number of hydrogen-bond donors (Lipinski definition) is 2. The van der Waals surface area contributed by atoms with Crippen molar-refractivity contribution < 1.29 is 9.47 Å². The van der Waals surface area contributed by atoms with Crippen molar-refractivity contribution in [3.63, 3.8) is 0 Å². The minimum Gasteiger partial charge on any atom is -0.454 e. The molecule has 6 nitrogen and oxygen atoms in total. The zero-order valence-corrected chi connectivity index (χ0v) is 15.8. The topological polar surface area (TPSA) is 70.3 Å². The number of H-pyrrole nitrogens is 2. The fourth-order valence-electron chi connectivity index (χ4n) is 3.21. The van der Waals surface area contributed by atoms with Gasteiger partial charge in [0.2, 0.25) is 0 Å². The molecule has 1 aromatic heterocycles. The third-order valence-corrected chi connectivity index (χ3v) is 5.15. The summed E-state index contributed by atoms with van der Waals surface area (Å²) in [5, 5.41) is 0. The molecular formula is C19H20BrN3O3. The molecule has 136 valence electrons. The van der Waals surface area contributed by atoms with Crippen molar-refractivity contribution in [3.8, 4) is 11.5 Å². The van der Waals surface area contributed by atoms with E-state index >= 15 is 0 Å². The summed E-state index contributed by atoms with van der Waals surface area (Å²) >= 11 is 3.61. The lowest BCUT2D eigenvalue weighted by Gasteiger charge is -2.26. The van der Waals surface area contributed by atoms with Gasteiger partial charge in [-0.2, -0.15) is 0 Å². The molecule has 0 radical (unpaired) electrons. The van der Waals surface area contributed by atoms with Crippen LogP contribution in [-0.2, 0) is 11.2 Å². The molecule has 0 amide bonds. The number of fused-ring (bicyclic) bond motifs is 1. The molecule has 4 rings (SSSR count). The van der Waals surface area contributed by atoms with E-state index in [1.165, 1.54) is 0 Å². The number of imidazole rings is 1. The van der Waals surface area contributed by atoms with Gasteiger partial charge in [0.05, 0.1) is 23.2 Å². The summed E-state index contributed by atoms with van der Waals surface area (Å²) in [7, 11) is 0. The summed E-state index contributed by atoms with van der Waals surface area (Å²) in [5.41, 5.74) is 2.34. The van der Waals surface area contributed by atoms with E-state index in [0.29, 0.717) is 11.3 Å². The van der Waals surface area contributed by atoms with E-state index in [1.54, 1.807) is 0 Å². The van der Waals surface area contributed by atoms with Gasteiger partial charge in [-0.15, -0.1) is 0 Å².